The number of hydrogen-bond acceptors (Lipinski definition) is 7. The molecule has 0 aliphatic heterocycles. The Bertz CT molecular complexity index is 1050. The SMILES string of the molecule is Cn1ccc(-c2cccc(Nc3nc(N[C@@H]4CCCC[C@@H]4N)ncc3C(N)=O)c2)n1. The third kappa shape index (κ3) is 4.41. The number of anilines is 3. The molecule has 1 fully saturated rings. The molecule has 1 aliphatic rings. The number of aryl methyl sites for hydroxylation is 1. The molecule has 0 spiro atoms. The summed E-state index contributed by atoms with van der Waals surface area (Å²) < 4.78 is 1.75. The van der Waals surface area contributed by atoms with Crippen molar-refractivity contribution < 1.29 is 4.79 Å². The maximum absolute atomic E-state index is 11.9. The van der Waals surface area contributed by atoms with E-state index < -0.39 is 5.91 Å². The molecule has 3 aromatic rings. The van der Waals surface area contributed by atoms with Gasteiger partial charge >= 0.3 is 0 Å². The van der Waals surface area contributed by atoms with E-state index >= 15 is 0 Å². The van der Waals surface area contributed by atoms with E-state index in [4.69, 9.17) is 11.5 Å². The average Bonchev–Trinajstić information content (AvgIpc) is 3.16. The van der Waals surface area contributed by atoms with E-state index in [1.165, 1.54) is 6.20 Å². The molecule has 2 heterocycles. The Morgan fingerprint density at radius 2 is 2.07 bits per heavy atom. The fourth-order valence-electron chi connectivity index (χ4n) is 3.69. The summed E-state index contributed by atoms with van der Waals surface area (Å²) in [5.74, 6) is 0.174. The Labute approximate surface area is 174 Å². The molecule has 4 rings (SSSR count). The van der Waals surface area contributed by atoms with Crippen LogP contribution in [-0.2, 0) is 7.05 Å². The van der Waals surface area contributed by atoms with Crippen molar-refractivity contribution in [2.24, 2.45) is 18.5 Å². The standard InChI is InChI=1S/C21H26N8O/c1-29-10-9-17(28-29)13-5-4-6-14(11-13)25-20-15(19(23)30)12-24-21(27-20)26-18-8-3-2-7-16(18)22/h4-6,9-12,16,18H,2-3,7-8,22H2,1H3,(H2,23,30)(H2,24,25,26,27)/t16-,18+/m0/s1. The molecule has 9 heteroatoms. The Hall–Kier alpha value is -3.46. The number of primary amides is 1. The van der Waals surface area contributed by atoms with Crippen LogP contribution in [-0.4, -0.2) is 37.7 Å². The second kappa shape index (κ2) is 8.50. The monoisotopic (exact) mass is 406 g/mol. The highest BCUT2D eigenvalue weighted by Crippen LogP contribution is 2.26. The molecular weight excluding hydrogens is 380 g/mol. The molecule has 2 aromatic heterocycles. The van der Waals surface area contributed by atoms with Crippen molar-refractivity contribution >= 4 is 23.4 Å². The molecule has 1 aromatic carbocycles. The summed E-state index contributed by atoms with van der Waals surface area (Å²) in [7, 11) is 1.87. The van der Waals surface area contributed by atoms with Crippen LogP contribution in [0.3, 0.4) is 0 Å². The van der Waals surface area contributed by atoms with Gasteiger partial charge in [-0.3, -0.25) is 9.48 Å². The van der Waals surface area contributed by atoms with E-state index in [0.717, 1.165) is 42.6 Å². The minimum atomic E-state index is -0.598. The number of aromatic nitrogens is 4. The maximum atomic E-state index is 11.9. The summed E-state index contributed by atoms with van der Waals surface area (Å²) in [6, 6.07) is 9.83. The van der Waals surface area contributed by atoms with Gasteiger partial charge in [0, 0.05) is 42.8 Å². The van der Waals surface area contributed by atoms with Gasteiger partial charge in [0.2, 0.25) is 5.95 Å². The summed E-state index contributed by atoms with van der Waals surface area (Å²) in [4.78, 5) is 20.7. The van der Waals surface area contributed by atoms with Crippen LogP contribution in [0.5, 0.6) is 0 Å². The number of carbonyl (C=O) groups excluding carboxylic acids is 1. The smallest absolute Gasteiger partial charge is 0.254 e. The first-order valence-electron chi connectivity index (χ1n) is 10.1. The fraction of sp³-hybridized carbons (Fsp3) is 0.333. The van der Waals surface area contributed by atoms with Gasteiger partial charge in [0.15, 0.2) is 0 Å². The number of rotatable bonds is 6. The van der Waals surface area contributed by atoms with Crippen molar-refractivity contribution in [3.05, 3.63) is 48.3 Å². The highest BCUT2D eigenvalue weighted by molar-refractivity contribution is 5.98. The Kier molecular flexibility index (Phi) is 5.62. The minimum absolute atomic E-state index is 0.0598. The second-order valence-corrected chi connectivity index (χ2v) is 7.60. The summed E-state index contributed by atoms with van der Waals surface area (Å²) in [6.07, 6.45) is 7.53. The molecule has 156 valence electrons. The molecule has 6 N–H and O–H groups in total. The van der Waals surface area contributed by atoms with E-state index in [1.807, 2.05) is 43.6 Å². The fourth-order valence-corrected chi connectivity index (χ4v) is 3.69. The molecule has 0 bridgehead atoms. The third-order valence-corrected chi connectivity index (χ3v) is 5.32. The Morgan fingerprint density at radius 1 is 1.23 bits per heavy atom. The lowest BCUT2D eigenvalue weighted by atomic mass is 9.91. The van der Waals surface area contributed by atoms with Crippen LogP contribution < -0.4 is 22.1 Å². The van der Waals surface area contributed by atoms with Gasteiger partial charge in [0.05, 0.1) is 5.69 Å². The largest absolute Gasteiger partial charge is 0.365 e. The highest BCUT2D eigenvalue weighted by atomic mass is 16.1. The number of amides is 1. The second-order valence-electron chi connectivity index (χ2n) is 7.60. The van der Waals surface area contributed by atoms with Gasteiger partial charge in [-0.05, 0) is 31.0 Å². The van der Waals surface area contributed by atoms with Crippen LogP contribution in [0.1, 0.15) is 36.0 Å². The topological polar surface area (TPSA) is 137 Å². The summed E-state index contributed by atoms with van der Waals surface area (Å²) in [5.41, 5.74) is 14.5. The van der Waals surface area contributed by atoms with Crippen molar-refractivity contribution in [2.75, 3.05) is 10.6 Å². The molecule has 0 radical (unpaired) electrons. The summed E-state index contributed by atoms with van der Waals surface area (Å²) in [6.45, 7) is 0. The first kappa shape index (κ1) is 19.8. The predicted octanol–water partition coefficient (Wildman–Crippen LogP) is 2.40. The van der Waals surface area contributed by atoms with Gasteiger partial charge in [0.1, 0.15) is 11.4 Å². The number of nitrogens with two attached hydrogens (primary N) is 2. The maximum Gasteiger partial charge on any atom is 0.254 e. The number of nitrogens with zero attached hydrogens (tertiary/aromatic N) is 4. The van der Waals surface area contributed by atoms with Crippen LogP contribution in [0, 0.1) is 0 Å². The van der Waals surface area contributed by atoms with Crippen molar-refractivity contribution in [3.8, 4) is 11.3 Å². The molecular formula is C21H26N8O. The molecule has 30 heavy (non-hydrogen) atoms. The quantitative estimate of drug-likeness (QED) is 0.493. The Balaban J connectivity index is 1.60. The van der Waals surface area contributed by atoms with Crippen LogP contribution in [0.25, 0.3) is 11.3 Å². The summed E-state index contributed by atoms with van der Waals surface area (Å²) in [5, 5.41) is 10.9. The van der Waals surface area contributed by atoms with E-state index in [9.17, 15) is 4.79 Å². The number of hydrogen-bond donors (Lipinski definition) is 4. The van der Waals surface area contributed by atoms with Crippen molar-refractivity contribution in [2.45, 2.75) is 37.8 Å². The van der Waals surface area contributed by atoms with Gasteiger partial charge in [-0.25, -0.2) is 4.98 Å². The third-order valence-electron chi connectivity index (χ3n) is 5.32. The molecule has 1 amide bonds. The van der Waals surface area contributed by atoms with Crippen LogP contribution in [0.15, 0.2) is 42.7 Å². The molecule has 0 unspecified atom stereocenters. The number of nitrogens with one attached hydrogen (secondary N) is 2. The molecule has 9 nitrogen and oxygen atoms in total. The zero-order valence-corrected chi connectivity index (χ0v) is 16.9. The van der Waals surface area contributed by atoms with Crippen molar-refractivity contribution in [3.63, 3.8) is 0 Å². The molecule has 2 atom stereocenters. The van der Waals surface area contributed by atoms with Gasteiger partial charge in [-0.15, -0.1) is 0 Å². The number of carbonyl (C=O) groups is 1. The first-order valence-corrected chi connectivity index (χ1v) is 10.1. The van der Waals surface area contributed by atoms with Crippen molar-refractivity contribution in [1.29, 1.82) is 0 Å². The first-order chi connectivity index (χ1) is 14.5. The van der Waals surface area contributed by atoms with E-state index in [-0.39, 0.29) is 17.6 Å². The van der Waals surface area contributed by atoms with Gasteiger partial charge in [0.25, 0.3) is 5.91 Å². The van der Waals surface area contributed by atoms with E-state index in [0.29, 0.717) is 11.8 Å². The number of benzene rings is 1. The van der Waals surface area contributed by atoms with Gasteiger partial charge < -0.3 is 22.1 Å². The van der Waals surface area contributed by atoms with E-state index in [1.54, 1.807) is 4.68 Å². The highest BCUT2D eigenvalue weighted by Gasteiger charge is 2.23. The minimum Gasteiger partial charge on any atom is -0.365 e. The van der Waals surface area contributed by atoms with Crippen LogP contribution in [0.4, 0.5) is 17.5 Å². The zero-order chi connectivity index (χ0) is 21.1. The lowest BCUT2D eigenvalue weighted by molar-refractivity contribution is 0.100. The normalized spacial score (nSPS) is 18.7. The zero-order valence-electron chi connectivity index (χ0n) is 16.9. The molecule has 0 saturated heterocycles. The molecule has 1 saturated carbocycles. The van der Waals surface area contributed by atoms with Crippen LogP contribution >= 0.6 is 0 Å². The van der Waals surface area contributed by atoms with Crippen molar-refractivity contribution in [1.82, 2.24) is 19.7 Å². The lowest BCUT2D eigenvalue weighted by Crippen LogP contribution is -2.43. The summed E-state index contributed by atoms with van der Waals surface area (Å²) >= 11 is 0. The van der Waals surface area contributed by atoms with E-state index in [2.05, 4.69) is 25.7 Å². The predicted molar refractivity (Wildman–Crippen MR) is 116 cm³/mol. The average molecular weight is 406 g/mol. The Morgan fingerprint density at radius 3 is 2.80 bits per heavy atom. The molecule has 1 aliphatic carbocycles. The van der Waals surface area contributed by atoms with Gasteiger partial charge in [-0.1, -0.05) is 25.0 Å². The van der Waals surface area contributed by atoms with Gasteiger partial charge in [-0.2, -0.15) is 10.1 Å². The lowest BCUT2D eigenvalue weighted by Gasteiger charge is -2.29. The van der Waals surface area contributed by atoms with Crippen LogP contribution in [0.2, 0.25) is 0 Å².